The number of carbonyl (C=O) groups excluding carboxylic acids is 2. The third-order valence-corrected chi connectivity index (χ3v) is 6.36. The maximum atomic E-state index is 13.7. The lowest BCUT2D eigenvalue weighted by molar-refractivity contribution is -0.132. The number of benzene rings is 4. The maximum Gasteiger partial charge on any atom is 0.309 e. The van der Waals surface area contributed by atoms with E-state index in [4.69, 9.17) is 21.4 Å². The van der Waals surface area contributed by atoms with Gasteiger partial charge in [-0.25, -0.2) is 4.39 Å². The van der Waals surface area contributed by atoms with Gasteiger partial charge in [0.05, 0.1) is 21.8 Å². The van der Waals surface area contributed by atoms with Crippen molar-refractivity contribution in [2.45, 2.75) is 13.8 Å². The van der Waals surface area contributed by atoms with Crippen molar-refractivity contribution in [3.05, 3.63) is 119 Å². The molecule has 0 fully saturated rings. The van der Waals surface area contributed by atoms with Gasteiger partial charge in [0, 0.05) is 18.2 Å². The van der Waals surface area contributed by atoms with E-state index in [0.717, 1.165) is 11.1 Å². The number of halogens is 2. The number of nitrogens with zero attached hydrogens (tertiary/aromatic N) is 2. The summed E-state index contributed by atoms with van der Waals surface area (Å²) in [4.78, 5) is 24.9. The Bertz CT molecular complexity index is 1660. The summed E-state index contributed by atoms with van der Waals surface area (Å²) in [7, 11) is 0. The van der Waals surface area contributed by atoms with Crippen LogP contribution in [0.5, 0.6) is 5.88 Å². The van der Waals surface area contributed by atoms with Crippen LogP contribution in [0.4, 0.5) is 10.1 Å². The number of esters is 1. The summed E-state index contributed by atoms with van der Waals surface area (Å²) in [6, 6.07) is 27.5. The van der Waals surface area contributed by atoms with E-state index >= 15 is 0 Å². The van der Waals surface area contributed by atoms with Crippen LogP contribution in [-0.4, -0.2) is 21.7 Å². The molecule has 0 unspecified atom stereocenters. The Morgan fingerprint density at radius 2 is 1.51 bits per heavy atom. The molecule has 1 amide bonds. The van der Waals surface area contributed by atoms with E-state index < -0.39 is 11.8 Å². The van der Waals surface area contributed by atoms with Gasteiger partial charge in [0.25, 0.3) is 5.91 Å². The molecule has 4 aromatic carbocycles. The molecule has 194 valence electrons. The highest BCUT2D eigenvalue weighted by molar-refractivity contribution is 6.34. The van der Waals surface area contributed by atoms with Crippen LogP contribution in [-0.2, 0) is 4.79 Å². The molecule has 1 aromatic heterocycles. The Hall–Kier alpha value is -4.75. The monoisotopic (exact) mass is 539 g/mol. The van der Waals surface area contributed by atoms with Gasteiger partial charge in [-0.15, -0.1) is 0 Å². The molecule has 8 heteroatoms. The number of anilines is 1. The fraction of sp³-hybridized carbons (Fsp3) is 0.0645. The minimum absolute atomic E-state index is 0.192. The quantitative estimate of drug-likeness (QED) is 0.227. The maximum absolute atomic E-state index is 13.7. The smallest absolute Gasteiger partial charge is 0.309 e. The van der Waals surface area contributed by atoms with E-state index in [0.29, 0.717) is 38.8 Å². The van der Waals surface area contributed by atoms with Crippen LogP contribution in [0.15, 0.2) is 97.1 Å². The fourth-order valence-corrected chi connectivity index (χ4v) is 4.35. The van der Waals surface area contributed by atoms with Crippen LogP contribution in [0.1, 0.15) is 22.8 Å². The zero-order valence-corrected chi connectivity index (χ0v) is 21.9. The highest BCUT2D eigenvalue weighted by Gasteiger charge is 2.25. The zero-order chi connectivity index (χ0) is 27.5. The number of hydrogen-bond acceptors (Lipinski definition) is 4. The van der Waals surface area contributed by atoms with Gasteiger partial charge < -0.3 is 10.1 Å². The first-order valence-corrected chi connectivity index (χ1v) is 12.5. The Morgan fingerprint density at radius 1 is 0.872 bits per heavy atom. The van der Waals surface area contributed by atoms with E-state index in [-0.39, 0.29) is 11.8 Å². The summed E-state index contributed by atoms with van der Waals surface area (Å²) < 4.78 is 20.8. The molecular weight excluding hydrogens is 517 g/mol. The second kappa shape index (κ2) is 10.9. The summed E-state index contributed by atoms with van der Waals surface area (Å²) in [5, 5.41) is 8.00. The van der Waals surface area contributed by atoms with Gasteiger partial charge in [-0.1, -0.05) is 65.7 Å². The molecule has 0 aliphatic rings. The molecule has 6 nitrogen and oxygen atoms in total. The first kappa shape index (κ1) is 25.9. The highest BCUT2D eigenvalue weighted by atomic mass is 35.5. The number of nitrogens with one attached hydrogen (secondary N) is 1. The standard InChI is InChI=1S/C31H23ClFN3O3/c1-19-7-9-22(10-8-19)29-28(31(39-20(2)37)36(35-29)25-17-13-23(33)14-18-25)21-11-15-24(16-12-21)34-30(38)26-5-3-4-6-27(26)32/h3-18H,1-2H3,(H,34,38). The van der Waals surface area contributed by atoms with Crippen LogP contribution in [0.25, 0.3) is 28.1 Å². The van der Waals surface area contributed by atoms with E-state index in [1.54, 1.807) is 60.7 Å². The van der Waals surface area contributed by atoms with Gasteiger partial charge >= 0.3 is 5.97 Å². The third kappa shape index (κ3) is 5.58. The molecule has 1 heterocycles. The Kier molecular flexibility index (Phi) is 7.25. The van der Waals surface area contributed by atoms with Gasteiger partial charge in [0.1, 0.15) is 11.5 Å². The average Bonchev–Trinajstić information content (AvgIpc) is 3.28. The summed E-state index contributed by atoms with van der Waals surface area (Å²) in [6.07, 6.45) is 0. The summed E-state index contributed by atoms with van der Waals surface area (Å²) in [5.41, 5.74) is 5.17. The largest absolute Gasteiger partial charge is 0.407 e. The van der Waals surface area contributed by atoms with Crippen molar-refractivity contribution in [2.75, 3.05) is 5.32 Å². The molecule has 5 aromatic rings. The minimum atomic E-state index is -0.529. The minimum Gasteiger partial charge on any atom is -0.407 e. The van der Waals surface area contributed by atoms with E-state index in [9.17, 15) is 14.0 Å². The van der Waals surface area contributed by atoms with Crippen molar-refractivity contribution < 1.29 is 18.7 Å². The van der Waals surface area contributed by atoms with Gasteiger partial charge in [-0.05, 0) is 61.0 Å². The van der Waals surface area contributed by atoms with Gasteiger partial charge in [0.15, 0.2) is 0 Å². The zero-order valence-electron chi connectivity index (χ0n) is 21.1. The first-order chi connectivity index (χ1) is 18.8. The molecule has 0 spiro atoms. The lowest BCUT2D eigenvalue weighted by Gasteiger charge is -2.11. The SMILES string of the molecule is CC(=O)Oc1c(-c2ccc(NC(=O)c3ccccc3Cl)cc2)c(-c2ccc(C)cc2)nn1-c1ccc(F)cc1. The number of carbonyl (C=O) groups is 2. The molecular formula is C31H23ClFN3O3. The van der Waals surface area contributed by atoms with Gasteiger partial charge in [-0.2, -0.15) is 9.78 Å². The van der Waals surface area contributed by atoms with Crippen LogP contribution in [0.2, 0.25) is 5.02 Å². The van der Waals surface area contributed by atoms with Crippen molar-refractivity contribution in [2.24, 2.45) is 0 Å². The second-order valence-corrected chi connectivity index (χ2v) is 9.30. The average molecular weight is 540 g/mol. The number of rotatable bonds is 6. The van der Waals surface area contributed by atoms with Crippen LogP contribution in [0.3, 0.4) is 0 Å². The molecule has 1 N–H and O–H groups in total. The van der Waals surface area contributed by atoms with Crippen molar-refractivity contribution in [3.8, 4) is 34.0 Å². The lowest BCUT2D eigenvalue weighted by atomic mass is 10.00. The summed E-state index contributed by atoms with van der Waals surface area (Å²) >= 11 is 6.16. The Morgan fingerprint density at radius 3 is 2.15 bits per heavy atom. The van der Waals surface area contributed by atoms with E-state index in [1.165, 1.54) is 23.7 Å². The molecule has 0 aliphatic carbocycles. The first-order valence-electron chi connectivity index (χ1n) is 12.1. The van der Waals surface area contributed by atoms with Crippen molar-refractivity contribution in [1.82, 2.24) is 9.78 Å². The molecule has 0 atom stereocenters. The van der Waals surface area contributed by atoms with Crippen molar-refractivity contribution >= 4 is 29.2 Å². The number of ether oxygens (including phenoxy) is 1. The number of aromatic nitrogens is 2. The molecule has 0 radical (unpaired) electrons. The van der Waals surface area contributed by atoms with Gasteiger partial charge in [-0.3, -0.25) is 9.59 Å². The second-order valence-electron chi connectivity index (χ2n) is 8.89. The molecule has 0 aliphatic heterocycles. The fourth-order valence-electron chi connectivity index (χ4n) is 4.13. The third-order valence-electron chi connectivity index (χ3n) is 6.03. The summed E-state index contributed by atoms with van der Waals surface area (Å²) in [6.45, 7) is 3.30. The van der Waals surface area contributed by atoms with E-state index in [1.807, 2.05) is 31.2 Å². The van der Waals surface area contributed by atoms with Crippen LogP contribution in [0, 0.1) is 12.7 Å². The number of hydrogen-bond donors (Lipinski definition) is 1. The summed E-state index contributed by atoms with van der Waals surface area (Å²) in [5.74, 6) is -1.07. The highest BCUT2D eigenvalue weighted by Crippen LogP contribution is 2.41. The van der Waals surface area contributed by atoms with Crippen LogP contribution >= 0.6 is 11.6 Å². The Labute approximate surface area is 229 Å². The molecule has 5 rings (SSSR count). The lowest BCUT2D eigenvalue weighted by Crippen LogP contribution is -2.12. The normalized spacial score (nSPS) is 10.8. The molecule has 0 bridgehead atoms. The van der Waals surface area contributed by atoms with Crippen LogP contribution < -0.4 is 10.1 Å². The van der Waals surface area contributed by atoms with Crippen molar-refractivity contribution in [1.29, 1.82) is 0 Å². The van der Waals surface area contributed by atoms with Crippen molar-refractivity contribution in [3.63, 3.8) is 0 Å². The van der Waals surface area contributed by atoms with Gasteiger partial charge in [0.2, 0.25) is 5.88 Å². The predicted molar refractivity (Wildman–Crippen MR) is 150 cm³/mol. The molecule has 39 heavy (non-hydrogen) atoms. The molecule has 0 saturated heterocycles. The topological polar surface area (TPSA) is 73.2 Å². The molecule has 0 saturated carbocycles. The predicted octanol–water partition coefficient (Wildman–Crippen LogP) is 7.48. The number of aryl methyl sites for hydroxylation is 1. The van der Waals surface area contributed by atoms with E-state index in [2.05, 4.69) is 5.32 Å². The Balaban J connectivity index is 1.61. The number of amides is 1.